The summed E-state index contributed by atoms with van der Waals surface area (Å²) in [6.07, 6.45) is 3.59. The third-order valence-corrected chi connectivity index (χ3v) is 7.15. The van der Waals surface area contributed by atoms with E-state index in [-0.39, 0.29) is 11.2 Å². The SMILES string of the molecule is O=c1/c(=C/c2cn(-c3ccccc3)nc2-c2ccc([N+](=O)[O-])cc2)sc2nc(-c3cccs3)nn12. The van der Waals surface area contributed by atoms with E-state index in [9.17, 15) is 14.9 Å². The molecule has 0 aliphatic carbocycles. The molecule has 6 aromatic rings. The average molecular weight is 499 g/mol. The van der Waals surface area contributed by atoms with E-state index in [2.05, 4.69) is 10.1 Å². The highest BCUT2D eigenvalue weighted by molar-refractivity contribution is 7.15. The Balaban J connectivity index is 1.49. The van der Waals surface area contributed by atoms with Gasteiger partial charge in [0.2, 0.25) is 4.96 Å². The molecule has 6 rings (SSSR count). The van der Waals surface area contributed by atoms with E-state index in [0.29, 0.717) is 32.1 Å². The van der Waals surface area contributed by atoms with E-state index >= 15 is 0 Å². The van der Waals surface area contributed by atoms with Gasteiger partial charge in [-0.15, -0.1) is 16.4 Å². The van der Waals surface area contributed by atoms with E-state index < -0.39 is 4.92 Å². The van der Waals surface area contributed by atoms with Crippen molar-refractivity contribution >= 4 is 39.4 Å². The van der Waals surface area contributed by atoms with Gasteiger partial charge in [-0.1, -0.05) is 35.6 Å². The number of nitrogens with zero attached hydrogens (tertiary/aromatic N) is 6. The number of non-ortho nitro benzene ring substituents is 1. The van der Waals surface area contributed by atoms with Gasteiger partial charge in [0.15, 0.2) is 5.82 Å². The first kappa shape index (κ1) is 21.1. The van der Waals surface area contributed by atoms with Crippen LogP contribution in [0.2, 0.25) is 0 Å². The summed E-state index contributed by atoms with van der Waals surface area (Å²) < 4.78 is 3.51. The largest absolute Gasteiger partial charge is 0.291 e. The number of aromatic nitrogens is 5. The Kier molecular flexibility index (Phi) is 5.05. The first-order chi connectivity index (χ1) is 17.1. The summed E-state index contributed by atoms with van der Waals surface area (Å²) in [6.45, 7) is 0. The van der Waals surface area contributed by atoms with Crippen molar-refractivity contribution in [1.29, 1.82) is 0 Å². The molecule has 0 saturated heterocycles. The summed E-state index contributed by atoms with van der Waals surface area (Å²) in [5, 5.41) is 22.1. The summed E-state index contributed by atoms with van der Waals surface area (Å²) in [6, 6.07) is 19.6. The molecule has 0 radical (unpaired) electrons. The van der Waals surface area contributed by atoms with Crippen molar-refractivity contribution < 1.29 is 4.92 Å². The number of hydrogen-bond acceptors (Lipinski definition) is 8. The van der Waals surface area contributed by atoms with Crippen LogP contribution in [0.3, 0.4) is 0 Å². The molecule has 0 atom stereocenters. The molecule has 0 N–H and O–H groups in total. The zero-order valence-corrected chi connectivity index (χ0v) is 19.4. The fourth-order valence-electron chi connectivity index (χ4n) is 3.66. The normalized spacial score (nSPS) is 11.9. The van der Waals surface area contributed by atoms with Crippen LogP contribution in [0, 0.1) is 10.1 Å². The lowest BCUT2D eigenvalue weighted by molar-refractivity contribution is -0.384. The number of nitro benzene ring substituents is 1. The predicted molar refractivity (Wildman–Crippen MR) is 135 cm³/mol. The topological polar surface area (TPSA) is 108 Å². The van der Waals surface area contributed by atoms with E-state index in [1.807, 2.05) is 54.0 Å². The van der Waals surface area contributed by atoms with Gasteiger partial charge in [-0.05, 0) is 41.8 Å². The first-order valence-electron chi connectivity index (χ1n) is 10.4. The molecule has 0 amide bonds. The van der Waals surface area contributed by atoms with Gasteiger partial charge >= 0.3 is 0 Å². The number of nitro groups is 1. The molecule has 0 aliphatic heterocycles. The van der Waals surface area contributed by atoms with Gasteiger partial charge in [-0.25, -0.2) is 4.68 Å². The Labute approximate surface area is 205 Å². The minimum atomic E-state index is -0.442. The molecule has 0 unspecified atom stereocenters. The van der Waals surface area contributed by atoms with E-state index in [0.717, 1.165) is 10.6 Å². The zero-order valence-electron chi connectivity index (χ0n) is 17.8. The second kappa shape index (κ2) is 8.38. The fourth-order valence-corrected chi connectivity index (χ4v) is 5.21. The number of hydrogen-bond donors (Lipinski definition) is 0. The number of fused-ring (bicyclic) bond motifs is 1. The summed E-state index contributed by atoms with van der Waals surface area (Å²) in [5.41, 5.74) is 2.58. The standard InChI is InChI=1S/C24H14N6O3S2/c31-23-20(35-24-25-22(27-29(23)24)19-7-4-12-34-19)13-16-14-28(17-5-2-1-3-6-17)26-21(16)15-8-10-18(11-9-15)30(32)33/h1-14H/b20-13-. The molecule has 4 heterocycles. The molecule has 0 spiro atoms. The minimum Gasteiger partial charge on any atom is -0.266 e. The second-order valence-corrected chi connectivity index (χ2v) is 9.50. The fraction of sp³-hybridized carbons (Fsp3) is 0. The summed E-state index contributed by atoms with van der Waals surface area (Å²) in [7, 11) is 0. The molecule has 4 aromatic heterocycles. The summed E-state index contributed by atoms with van der Waals surface area (Å²) >= 11 is 2.77. The molecular weight excluding hydrogens is 484 g/mol. The lowest BCUT2D eigenvalue weighted by Crippen LogP contribution is -2.23. The molecule has 35 heavy (non-hydrogen) atoms. The van der Waals surface area contributed by atoms with Crippen LogP contribution in [0.25, 0.3) is 38.7 Å². The Hall–Kier alpha value is -4.48. The van der Waals surface area contributed by atoms with Crippen LogP contribution in [-0.2, 0) is 0 Å². The molecule has 9 nitrogen and oxygen atoms in total. The molecule has 0 saturated carbocycles. The van der Waals surface area contributed by atoms with E-state index in [4.69, 9.17) is 5.10 Å². The van der Waals surface area contributed by atoms with Crippen LogP contribution >= 0.6 is 22.7 Å². The highest BCUT2D eigenvalue weighted by Crippen LogP contribution is 2.27. The van der Waals surface area contributed by atoms with Gasteiger partial charge in [0.1, 0.15) is 5.69 Å². The number of para-hydroxylation sites is 1. The van der Waals surface area contributed by atoms with Crippen molar-refractivity contribution in [3.05, 3.63) is 109 Å². The third kappa shape index (κ3) is 3.82. The Morgan fingerprint density at radius 1 is 0.971 bits per heavy atom. The highest BCUT2D eigenvalue weighted by atomic mass is 32.1. The summed E-state index contributed by atoms with van der Waals surface area (Å²) in [4.78, 5) is 29.7. The molecule has 170 valence electrons. The Bertz CT molecular complexity index is 1790. The van der Waals surface area contributed by atoms with Crippen LogP contribution < -0.4 is 10.1 Å². The molecule has 2 aromatic carbocycles. The van der Waals surface area contributed by atoms with Gasteiger partial charge in [-0.3, -0.25) is 14.9 Å². The lowest BCUT2D eigenvalue weighted by Gasteiger charge is -2.00. The van der Waals surface area contributed by atoms with Gasteiger partial charge in [0.25, 0.3) is 11.2 Å². The zero-order chi connectivity index (χ0) is 23.9. The molecular formula is C24H14N6O3S2. The van der Waals surface area contributed by atoms with Gasteiger partial charge < -0.3 is 0 Å². The van der Waals surface area contributed by atoms with Crippen molar-refractivity contribution in [2.75, 3.05) is 0 Å². The van der Waals surface area contributed by atoms with Crippen molar-refractivity contribution in [3.63, 3.8) is 0 Å². The number of rotatable bonds is 5. The highest BCUT2D eigenvalue weighted by Gasteiger charge is 2.16. The van der Waals surface area contributed by atoms with E-state index in [1.165, 1.54) is 39.3 Å². The van der Waals surface area contributed by atoms with E-state index in [1.54, 1.807) is 22.9 Å². The number of thiazole rings is 1. The van der Waals surface area contributed by atoms with Gasteiger partial charge in [0, 0.05) is 29.5 Å². The Morgan fingerprint density at radius 2 is 1.77 bits per heavy atom. The lowest BCUT2D eigenvalue weighted by atomic mass is 10.1. The van der Waals surface area contributed by atoms with Crippen molar-refractivity contribution in [2.24, 2.45) is 0 Å². The maximum Gasteiger partial charge on any atom is 0.291 e. The maximum absolute atomic E-state index is 13.1. The van der Waals surface area contributed by atoms with Crippen LogP contribution in [0.15, 0.2) is 83.1 Å². The second-order valence-electron chi connectivity index (χ2n) is 7.54. The summed E-state index contributed by atoms with van der Waals surface area (Å²) in [5.74, 6) is 0.526. The van der Waals surface area contributed by atoms with Crippen molar-refractivity contribution in [1.82, 2.24) is 24.4 Å². The molecule has 0 bridgehead atoms. The van der Waals surface area contributed by atoms with Crippen LogP contribution in [0.4, 0.5) is 5.69 Å². The monoisotopic (exact) mass is 498 g/mol. The minimum absolute atomic E-state index is 0.00397. The molecule has 0 fully saturated rings. The number of benzene rings is 2. The van der Waals surface area contributed by atoms with Crippen LogP contribution in [0.5, 0.6) is 0 Å². The molecule has 0 aliphatic rings. The third-order valence-electron chi connectivity index (χ3n) is 5.32. The smallest absolute Gasteiger partial charge is 0.266 e. The predicted octanol–water partition coefficient (Wildman–Crippen LogP) is 4.19. The van der Waals surface area contributed by atoms with Crippen LogP contribution in [0.1, 0.15) is 5.56 Å². The number of thiophene rings is 1. The molecule has 11 heteroatoms. The van der Waals surface area contributed by atoms with Crippen molar-refractivity contribution in [2.45, 2.75) is 0 Å². The first-order valence-corrected chi connectivity index (χ1v) is 12.1. The van der Waals surface area contributed by atoms with Gasteiger partial charge in [0.05, 0.1) is 20.0 Å². The average Bonchev–Trinajstić information content (AvgIpc) is 3.66. The van der Waals surface area contributed by atoms with Gasteiger partial charge in [-0.2, -0.15) is 14.6 Å². The maximum atomic E-state index is 13.1. The quantitative estimate of drug-likeness (QED) is 0.261. The Morgan fingerprint density at radius 3 is 2.46 bits per heavy atom. The van der Waals surface area contributed by atoms with Crippen molar-refractivity contribution in [3.8, 4) is 27.6 Å². The van der Waals surface area contributed by atoms with Crippen LogP contribution in [-0.4, -0.2) is 29.3 Å².